The van der Waals surface area contributed by atoms with Crippen LogP contribution >= 0.6 is 27.5 Å². The first-order valence-corrected chi connectivity index (χ1v) is 5.87. The molecule has 1 aliphatic carbocycles. The quantitative estimate of drug-likeness (QED) is 0.671. The summed E-state index contributed by atoms with van der Waals surface area (Å²) in [4.78, 5) is 10.7. The average molecular weight is 287 g/mol. The van der Waals surface area contributed by atoms with Crippen molar-refractivity contribution in [3.05, 3.63) is 17.0 Å². The first kappa shape index (κ1) is 10.7. The maximum atomic E-state index is 5.74. The largest absolute Gasteiger partial charge is 0.366 e. The van der Waals surface area contributed by atoms with Gasteiger partial charge in [0.2, 0.25) is 5.28 Å². The summed E-state index contributed by atoms with van der Waals surface area (Å²) in [5.74, 6) is 3.61. The van der Waals surface area contributed by atoms with Gasteiger partial charge in [-0.05, 0) is 41.6 Å². The van der Waals surface area contributed by atoms with Gasteiger partial charge < -0.3 is 5.32 Å². The summed E-state index contributed by atoms with van der Waals surface area (Å²) in [7, 11) is 0. The zero-order valence-corrected chi connectivity index (χ0v) is 10.3. The summed E-state index contributed by atoms with van der Waals surface area (Å²) >= 11 is 8.80. The minimum absolute atomic E-state index is 0.247. The van der Waals surface area contributed by atoms with Crippen molar-refractivity contribution in [3.8, 4) is 10.8 Å². The van der Waals surface area contributed by atoms with Gasteiger partial charge in [-0.25, -0.2) is 4.98 Å². The number of rotatable bonds is 2. The lowest BCUT2D eigenvalue weighted by Gasteiger charge is -2.27. The molecule has 78 valence electrons. The molecule has 0 amide bonds. The molecule has 5 heteroatoms. The van der Waals surface area contributed by atoms with E-state index in [-0.39, 0.29) is 5.28 Å². The third kappa shape index (κ3) is 2.61. The fourth-order valence-electron chi connectivity index (χ4n) is 1.36. The highest BCUT2D eigenvalue weighted by Gasteiger charge is 2.18. The van der Waals surface area contributed by atoms with Crippen LogP contribution in [-0.2, 0) is 0 Å². The number of anilines is 1. The molecule has 1 fully saturated rings. The predicted octanol–water partition coefficient (Wildman–Crippen LogP) is 2.80. The summed E-state index contributed by atoms with van der Waals surface area (Å²) in [5, 5.41) is 3.56. The molecular weight excluding hydrogens is 277 g/mol. The molecule has 15 heavy (non-hydrogen) atoms. The Labute approximate surface area is 102 Å². The lowest BCUT2D eigenvalue weighted by Crippen LogP contribution is -2.28. The molecule has 0 aliphatic heterocycles. The Morgan fingerprint density at radius 2 is 2.33 bits per heavy atom. The van der Waals surface area contributed by atoms with E-state index in [0.29, 0.717) is 6.04 Å². The van der Waals surface area contributed by atoms with E-state index in [0.717, 1.165) is 11.4 Å². The van der Waals surface area contributed by atoms with Crippen molar-refractivity contribution in [1.29, 1.82) is 0 Å². The van der Waals surface area contributed by atoms with E-state index >= 15 is 0 Å². The summed E-state index contributed by atoms with van der Waals surface area (Å²) in [6.45, 7) is 0. The molecule has 0 saturated heterocycles. The van der Waals surface area contributed by atoms with Crippen LogP contribution in [0.2, 0.25) is 5.28 Å². The summed E-state index contributed by atoms with van der Waals surface area (Å²) in [6, 6.07) is 0.506. The lowest BCUT2D eigenvalue weighted by atomic mass is 9.93. The Hall–Kier alpha value is -0.790. The number of aromatic nitrogens is 2. The number of halogens is 2. The second-order valence-electron chi connectivity index (χ2n) is 3.39. The van der Waals surface area contributed by atoms with Crippen LogP contribution in [0.25, 0.3) is 0 Å². The average Bonchev–Trinajstić information content (AvgIpc) is 2.16. The zero-order chi connectivity index (χ0) is 10.7. The van der Waals surface area contributed by atoms with Gasteiger partial charge in [-0.15, -0.1) is 0 Å². The molecule has 1 aliphatic rings. The lowest BCUT2D eigenvalue weighted by molar-refractivity contribution is 0.444. The molecule has 0 atom stereocenters. The van der Waals surface area contributed by atoms with Crippen LogP contribution in [0.5, 0.6) is 0 Å². The van der Waals surface area contributed by atoms with E-state index in [1.165, 1.54) is 19.3 Å². The summed E-state index contributed by atoms with van der Waals surface area (Å²) < 4.78 is 0. The minimum Gasteiger partial charge on any atom is -0.366 e. The van der Waals surface area contributed by atoms with E-state index in [2.05, 4.69) is 42.0 Å². The Morgan fingerprint density at radius 3 is 2.93 bits per heavy atom. The number of nitrogens with one attached hydrogen (secondary N) is 1. The van der Waals surface area contributed by atoms with E-state index < -0.39 is 0 Å². The van der Waals surface area contributed by atoms with E-state index in [9.17, 15) is 0 Å². The normalized spacial score (nSPS) is 15.1. The zero-order valence-electron chi connectivity index (χ0n) is 7.93. The molecule has 3 nitrogen and oxygen atoms in total. The predicted molar refractivity (Wildman–Crippen MR) is 64.1 cm³/mol. The standard InChI is InChI=1S/C10H9BrClN3/c11-5-4-7-6-13-10(12)15-9(7)14-8-2-1-3-8/h6,8H,1-3H2,(H,13,14,15). The number of nitrogens with zero attached hydrogens (tertiary/aromatic N) is 2. The van der Waals surface area contributed by atoms with Crippen LogP contribution in [-0.4, -0.2) is 16.0 Å². The molecule has 0 spiro atoms. The maximum Gasteiger partial charge on any atom is 0.224 e. The maximum absolute atomic E-state index is 5.74. The van der Waals surface area contributed by atoms with Crippen LogP contribution in [0.4, 0.5) is 5.82 Å². The van der Waals surface area contributed by atoms with E-state index in [1.54, 1.807) is 6.20 Å². The molecule has 0 unspecified atom stereocenters. The van der Waals surface area contributed by atoms with Crippen LogP contribution in [0.3, 0.4) is 0 Å². The smallest absolute Gasteiger partial charge is 0.224 e. The molecule has 0 aromatic carbocycles. The van der Waals surface area contributed by atoms with Crippen molar-refractivity contribution in [2.75, 3.05) is 5.32 Å². The molecule has 0 bridgehead atoms. The van der Waals surface area contributed by atoms with Gasteiger partial charge in [-0.1, -0.05) is 0 Å². The van der Waals surface area contributed by atoms with E-state index in [1.807, 2.05) is 0 Å². The third-order valence-corrected chi connectivity index (χ3v) is 2.77. The fourth-order valence-corrected chi connectivity index (χ4v) is 1.71. The molecule has 1 aromatic heterocycles. The van der Waals surface area contributed by atoms with Crippen molar-refractivity contribution in [1.82, 2.24) is 9.97 Å². The molecule has 1 heterocycles. The van der Waals surface area contributed by atoms with Gasteiger partial charge in [-0.3, -0.25) is 0 Å². The second kappa shape index (κ2) is 4.82. The first-order valence-electron chi connectivity index (χ1n) is 4.70. The van der Waals surface area contributed by atoms with E-state index in [4.69, 9.17) is 11.6 Å². The van der Waals surface area contributed by atoms with Crippen molar-refractivity contribution in [2.24, 2.45) is 0 Å². The van der Waals surface area contributed by atoms with Gasteiger partial charge >= 0.3 is 0 Å². The van der Waals surface area contributed by atoms with Gasteiger partial charge in [0.1, 0.15) is 5.82 Å². The minimum atomic E-state index is 0.247. The molecule has 0 radical (unpaired) electrons. The SMILES string of the molecule is Clc1ncc(C#CBr)c(NC2CCC2)n1. The molecule has 1 aromatic rings. The van der Waals surface area contributed by atoms with Crippen LogP contribution in [0.15, 0.2) is 6.20 Å². The van der Waals surface area contributed by atoms with Gasteiger partial charge in [0.05, 0.1) is 5.56 Å². The monoisotopic (exact) mass is 285 g/mol. The molecular formula is C10H9BrClN3. The Bertz CT molecular complexity index is 420. The van der Waals surface area contributed by atoms with Gasteiger partial charge in [0, 0.05) is 28.2 Å². The summed E-state index contributed by atoms with van der Waals surface area (Å²) in [6.07, 6.45) is 5.27. The molecule has 2 rings (SSSR count). The topological polar surface area (TPSA) is 37.8 Å². The van der Waals surface area contributed by atoms with Gasteiger partial charge in [-0.2, -0.15) is 4.98 Å². The Balaban J connectivity index is 2.23. The van der Waals surface area contributed by atoms with Crippen molar-refractivity contribution in [2.45, 2.75) is 25.3 Å². The third-order valence-electron chi connectivity index (χ3n) is 2.39. The first-order chi connectivity index (χ1) is 7.29. The van der Waals surface area contributed by atoms with Crippen molar-refractivity contribution in [3.63, 3.8) is 0 Å². The Morgan fingerprint density at radius 1 is 1.53 bits per heavy atom. The van der Waals surface area contributed by atoms with Crippen molar-refractivity contribution >= 4 is 33.3 Å². The van der Waals surface area contributed by atoms with Crippen LogP contribution in [0.1, 0.15) is 24.8 Å². The highest BCUT2D eigenvalue weighted by molar-refractivity contribution is 9.12. The highest BCUT2D eigenvalue weighted by atomic mass is 79.9. The van der Waals surface area contributed by atoms with Crippen molar-refractivity contribution < 1.29 is 0 Å². The van der Waals surface area contributed by atoms with Crippen LogP contribution < -0.4 is 5.32 Å². The second-order valence-corrected chi connectivity index (χ2v) is 4.13. The highest BCUT2D eigenvalue weighted by Crippen LogP contribution is 2.24. The molecule has 1 N–H and O–H groups in total. The van der Waals surface area contributed by atoms with Gasteiger partial charge in [0.25, 0.3) is 0 Å². The Kier molecular flexibility index (Phi) is 3.45. The number of hydrogen-bond acceptors (Lipinski definition) is 3. The van der Waals surface area contributed by atoms with Crippen LogP contribution in [0, 0.1) is 10.8 Å². The summed E-state index contributed by atoms with van der Waals surface area (Å²) in [5.41, 5.74) is 0.767. The molecule has 1 saturated carbocycles. The number of hydrogen-bond donors (Lipinski definition) is 1. The fraction of sp³-hybridized carbons (Fsp3) is 0.400. The van der Waals surface area contributed by atoms with Gasteiger partial charge in [0.15, 0.2) is 0 Å².